The Hall–Kier alpha value is -7.86. The molecule has 254 valence electrons. The minimum absolute atomic E-state index is 0.642. The van der Waals surface area contributed by atoms with Crippen molar-refractivity contribution in [3.05, 3.63) is 187 Å². The van der Waals surface area contributed by atoms with Crippen LogP contribution in [0.1, 0.15) is 11.1 Å². The molecule has 5 heteroatoms. The monoisotopic (exact) mass is 699 g/mol. The second-order valence-corrected chi connectivity index (χ2v) is 14.0. The van der Waals surface area contributed by atoms with Gasteiger partial charge in [0.1, 0.15) is 0 Å². The molecule has 3 aromatic heterocycles. The highest BCUT2D eigenvalue weighted by Crippen LogP contribution is 2.43. The molecule has 5 nitrogen and oxygen atoms in total. The zero-order valence-electron chi connectivity index (χ0n) is 29.5. The molecule has 0 unspecified atom stereocenters. The van der Waals surface area contributed by atoms with Crippen molar-refractivity contribution in [1.29, 1.82) is 10.5 Å². The Morgan fingerprint density at radius 3 is 1.38 bits per heavy atom. The van der Waals surface area contributed by atoms with Crippen molar-refractivity contribution in [2.45, 2.75) is 0 Å². The highest BCUT2D eigenvalue weighted by Gasteiger charge is 2.21. The molecule has 0 saturated carbocycles. The summed E-state index contributed by atoms with van der Waals surface area (Å²) in [6.07, 6.45) is 0. The first-order valence-corrected chi connectivity index (χ1v) is 18.3. The number of aromatic nitrogens is 3. The van der Waals surface area contributed by atoms with E-state index < -0.39 is 0 Å². The van der Waals surface area contributed by atoms with Gasteiger partial charge in [0.15, 0.2) is 0 Å². The molecule has 0 aliphatic rings. The van der Waals surface area contributed by atoms with Crippen molar-refractivity contribution >= 4 is 65.4 Å². The Kier molecular flexibility index (Phi) is 6.61. The number of rotatable bonds is 4. The summed E-state index contributed by atoms with van der Waals surface area (Å²) in [4.78, 5) is 0. The zero-order chi connectivity index (χ0) is 36.6. The van der Waals surface area contributed by atoms with Crippen LogP contribution in [0.15, 0.2) is 176 Å². The van der Waals surface area contributed by atoms with Crippen LogP contribution in [0.4, 0.5) is 0 Å². The van der Waals surface area contributed by atoms with Gasteiger partial charge in [-0.15, -0.1) is 0 Å². The van der Waals surface area contributed by atoms with Gasteiger partial charge in [0, 0.05) is 49.4 Å². The van der Waals surface area contributed by atoms with Gasteiger partial charge in [-0.1, -0.05) is 78.9 Å². The molecule has 0 bridgehead atoms. The highest BCUT2D eigenvalue weighted by molar-refractivity contribution is 6.29. The lowest BCUT2D eigenvalue weighted by Crippen LogP contribution is -1.96. The molecule has 0 atom stereocenters. The average molecular weight is 700 g/mol. The van der Waals surface area contributed by atoms with E-state index in [0.29, 0.717) is 11.1 Å². The predicted molar refractivity (Wildman–Crippen MR) is 224 cm³/mol. The van der Waals surface area contributed by atoms with E-state index in [1.54, 1.807) is 0 Å². The number of nitriles is 2. The maximum absolute atomic E-state index is 9.96. The number of benzene rings is 8. The van der Waals surface area contributed by atoms with Crippen LogP contribution in [0.2, 0.25) is 0 Å². The smallest absolute Gasteiger partial charge is 0.0991 e. The Morgan fingerprint density at radius 2 is 0.745 bits per heavy atom. The van der Waals surface area contributed by atoms with Crippen LogP contribution in [-0.2, 0) is 0 Å². The van der Waals surface area contributed by atoms with Crippen LogP contribution in [-0.4, -0.2) is 13.7 Å². The Bertz CT molecular complexity index is 3450. The van der Waals surface area contributed by atoms with Crippen LogP contribution >= 0.6 is 0 Å². The fourth-order valence-electron chi connectivity index (χ4n) is 8.74. The van der Waals surface area contributed by atoms with Gasteiger partial charge in [0.25, 0.3) is 0 Å². The maximum atomic E-state index is 9.96. The molecule has 55 heavy (non-hydrogen) atoms. The standard InChI is InChI=1S/C50H29N5/c51-30-32-20-22-45-41(26-32)39-16-4-6-18-43(39)54(45)37-14-8-10-34(28-37)35-11-9-15-38(29-35)55-44-19-7-5-17-40(44)49-47(55)24-25-48-50(49)42-27-33(31-52)21-23-46(42)53(48)36-12-2-1-3-13-36/h1-29H. The SMILES string of the molecule is N#Cc1ccc2c(c1)c1ccccc1n2-c1cccc(-c2cccc(-n3c4ccccc4c4c5c6cc(C#N)ccc6n(-c6ccccc6)c5ccc43)c2)c1. The van der Waals surface area contributed by atoms with E-state index in [0.717, 1.165) is 88.2 Å². The third-order valence-electron chi connectivity index (χ3n) is 11.1. The lowest BCUT2D eigenvalue weighted by atomic mass is 10.0. The van der Waals surface area contributed by atoms with Crippen molar-refractivity contribution in [3.8, 4) is 40.3 Å². The van der Waals surface area contributed by atoms with Crippen LogP contribution in [0, 0.1) is 22.7 Å². The predicted octanol–water partition coefficient (Wildman–Crippen LogP) is 12.4. The average Bonchev–Trinajstić information content (AvgIpc) is 3.89. The number of hydrogen-bond acceptors (Lipinski definition) is 2. The molecule has 0 N–H and O–H groups in total. The summed E-state index contributed by atoms with van der Waals surface area (Å²) in [5, 5.41) is 26.3. The van der Waals surface area contributed by atoms with Crippen LogP contribution in [0.3, 0.4) is 0 Å². The molecule has 11 aromatic rings. The number of nitrogens with zero attached hydrogens (tertiary/aromatic N) is 5. The minimum atomic E-state index is 0.642. The second-order valence-electron chi connectivity index (χ2n) is 14.0. The van der Waals surface area contributed by atoms with E-state index in [-0.39, 0.29) is 0 Å². The van der Waals surface area contributed by atoms with Crippen LogP contribution in [0.25, 0.3) is 93.6 Å². The number of hydrogen-bond donors (Lipinski definition) is 0. The molecule has 11 rings (SSSR count). The Labute approximate surface area is 316 Å². The normalized spacial score (nSPS) is 11.6. The van der Waals surface area contributed by atoms with Crippen LogP contribution < -0.4 is 0 Å². The van der Waals surface area contributed by atoms with Gasteiger partial charge in [-0.2, -0.15) is 10.5 Å². The van der Waals surface area contributed by atoms with E-state index in [1.807, 2.05) is 30.3 Å². The zero-order valence-corrected chi connectivity index (χ0v) is 29.5. The van der Waals surface area contributed by atoms with Crippen molar-refractivity contribution in [1.82, 2.24) is 13.7 Å². The van der Waals surface area contributed by atoms with Gasteiger partial charge in [0.05, 0.1) is 56.4 Å². The third-order valence-corrected chi connectivity index (χ3v) is 11.1. The van der Waals surface area contributed by atoms with E-state index in [2.05, 4.69) is 171 Å². The van der Waals surface area contributed by atoms with Crippen molar-refractivity contribution in [2.75, 3.05) is 0 Å². The van der Waals surface area contributed by atoms with Gasteiger partial charge >= 0.3 is 0 Å². The van der Waals surface area contributed by atoms with Gasteiger partial charge in [0.2, 0.25) is 0 Å². The summed E-state index contributed by atoms with van der Waals surface area (Å²) in [7, 11) is 0. The van der Waals surface area contributed by atoms with E-state index in [9.17, 15) is 10.5 Å². The summed E-state index contributed by atoms with van der Waals surface area (Å²) in [6, 6.07) is 66.1. The van der Waals surface area contributed by atoms with Crippen molar-refractivity contribution in [3.63, 3.8) is 0 Å². The van der Waals surface area contributed by atoms with E-state index >= 15 is 0 Å². The highest BCUT2D eigenvalue weighted by atomic mass is 15.0. The summed E-state index contributed by atoms with van der Waals surface area (Å²) >= 11 is 0. The van der Waals surface area contributed by atoms with Gasteiger partial charge in [-0.25, -0.2) is 0 Å². The van der Waals surface area contributed by atoms with Gasteiger partial charge in [-0.05, 0) is 108 Å². The lowest BCUT2D eigenvalue weighted by Gasteiger charge is -2.13. The molecule has 0 radical (unpaired) electrons. The van der Waals surface area contributed by atoms with Crippen LogP contribution in [0.5, 0.6) is 0 Å². The first kappa shape index (κ1) is 30.7. The molecule has 0 fully saturated rings. The number of fused-ring (bicyclic) bond motifs is 10. The molecule has 0 aliphatic heterocycles. The topological polar surface area (TPSA) is 62.4 Å². The lowest BCUT2D eigenvalue weighted by molar-refractivity contribution is 1.17. The minimum Gasteiger partial charge on any atom is -0.309 e. The molecular formula is C50H29N5. The number of para-hydroxylation sites is 3. The first-order chi connectivity index (χ1) is 27.2. The summed E-state index contributed by atoms with van der Waals surface area (Å²) in [6.45, 7) is 0. The van der Waals surface area contributed by atoms with E-state index in [1.165, 1.54) is 5.39 Å². The molecule has 0 spiro atoms. The summed E-state index contributed by atoms with van der Waals surface area (Å²) in [5.74, 6) is 0. The summed E-state index contributed by atoms with van der Waals surface area (Å²) < 4.78 is 6.97. The molecule has 3 heterocycles. The first-order valence-electron chi connectivity index (χ1n) is 18.3. The molecule has 0 amide bonds. The fraction of sp³-hybridized carbons (Fsp3) is 0. The van der Waals surface area contributed by atoms with Gasteiger partial charge in [-0.3, -0.25) is 0 Å². The third kappa shape index (κ3) is 4.51. The molecule has 0 saturated heterocycles. The quantitative estimate of drug-likeness (QED) is 0.184. The van der Waals surface area contributed by atoms with Crippen molar-refractivity contribution in [2.24, 2.45) is 0 Å². The van der Waals surface area contributed by atoms with E-state index in [4.69, 9.17) is 0 Å². The maximum Gasteiger partial charge on any atom is 0.0991 e. The molecule has 8 aromatic carbocycles. The van der Waals surface area contributed by atoms with Crippen molar-refractivity contribution < 1.29 is 0 Å². The second kappa shape index (κ2) is 11.8. The molecular weight excluding hydrogens is 671 g/mol. The Balaban J connectivity index is 1.13. The summed E-state index contributed by atoms with van der Waals surface area (Å²) in [5.41, 5.74) is 13.3. The molecule has 0 aliphatic carbocycles. The van der Waals surface area contributed by atoms with Gasteiger partial charge < -0.3 is 13.7 Å². The largest absolute Gasteiger partial charge is 0.309 e. The Morgan fingerprint density at radius 1 is 0.309 bits per heavy atom. The fourth-order valence-corrected chi connectivity index (χ4v) is 8.74.